The second kappa shape index (κ2) is 7.89. The highest BCUT2D eigenvalue weighted by Gasteiger charge is 2.25. The van der Waals surface area contributed by atoms with Crippen molar-refractivity contribution in [1.82, 2.24) is 14.8 Å². The summed E-state index contributed by atoms with van der Waals surface area (Å²) in [7, 11) is 2.25. The molecule has 120 valence electrons. The van der Waals surface area contributed by atoms with Crippen LogP contribution in [0.5, 0.6) is 0 Å². The lowest BCUT2D eigenvalue weighted by molar-refractivity contribution is 0.0961. The summed E-state index contributed by atoms with van der Waals surface area (Å²) in [6, 6.07) is 5.08. The predicted molar refractivity (Wildman–Crippen MR) is 91.6 cm³/mol. The van der Waals surface area contributed by atoms with Gasteiger partial charge in [0.2, 0.25) is 0 Å². The number of aromatic nitrogens is 1. The van der Waals surface area contributed by atoms with Gasteiger partial charge in [-0.1, -0.05) is 12.2 Å². The summed E-state index contributed by atoms with van der Waals surface area (Å²) in [6.07, 6.45) is 15.1. The molecule has 3 rings (SSSR count). The SMILES string of the molecule is CN1CCC(N(Cc2ccncc2)C[C@@H]2CC=CCC2)CC1. The van der Waals surface area contributed by atoms with Crippen LogP contribution in [-0.4, -0.2) is 47.5 Å². The van der Waals surface area contributed by atoms with Crippen LogP contribution in [-0.2, 0) is 6.54 Å². The quantitative estimate of drug-likeness (QED) is 0.777. The molecule has 1 aliphatic heterocycles. The molecule has 1 atom stereocenters. The van der Waals surface area contributed by atoms with Crippen molar-refractivity contribution in [2.45, 2.75) is 44.7 Å². The Bertz CT molecular complexity index is 463. The maximum absolute atomic E-state index is 4.16. The van der Waals surface area contributed by atoms with Crippen LogP contribution in [0.2, 0.25) is 0 Å². The Morgan fingerprint density at radius 3 is 2.59 bits per heavy atom. The second-order valence-electron chi connectivity index (χ2n) is 6.97. The van der Waals surface area contributed by atoms with Gasteiger partial charge in [0.1, 0.15) is 0 Å². The highest BCUT2D eigenvalue weighted by atomic mass is 15.2. The fraction of sp³-hybridized carbons (Fsp3) is 0.632. The molecule has 0 aromatic carbocycles. The van der Waals surface area contributed by atoms with E-state index >= 15 is 0 Å². The summed E-state index contributed by atoms with van der Waals surface area (Å²) < 4.78 is 0. The zero-order valence-corrected chi connectivity index (χ0v) is 13.8. The van der Waals surface area contributed by atoms with Crippen LogP contribution in [0.15, 0.2) is 36.7 Å². The minimum Gasteiger partial charge on any atom is -0.306 e. The lowest BCUT2D eigenvalue weighted by atomic mass is 9.92. The molecular weight excluding hydrogens is 270 g/mol. The van der Waals surface area contributed by atoms with Gasteiger partial charge in [-0.05, 0) is 75.9 Å². The van der Waals surface area contributed by atoms with Crippen molar-refractivity contribution in [3.8, 4) is 0 Å². The van der Waals surface area contributed by atoms with Gasteiger partial charge >= 0.3 is 0 Å². The molecule has 22 heavy (non-hydrogen) atoms. The Hall–Kier alpha value is -1.19. The van der Waals surface area contributed by atoms with Gasteiger partial charge < -0.3 is 4.90 Å². The summed E-state index contributed by atoms with van der Waals surface area (Å²) in [6.45, 7) is 4.81. The van der Waals surface area contributed by atoms with Crippen LogP contribution in [0.4, 0.5) is 0 Å². The van der Waals surface area contributed by atoms with Crippen molar-refractivity contribution in [1.29, 1.82) is 0 Å². The van der Waals surface area contributed by atoms with Gasteiger partial charge in [-0.25, -0.2) is 0 Å². The summed E-state index contributed by atoms with van der Waals surface area (Å²) >= 11 is 0. The molecule has 2 aliphatic rings. The van der Waals surface area contributed by atoms with E-state index in [4.69, 9.17) is 0 Å². The number of rotatable bonds is 5. The molecule has 0 bridgehead atoms. The van der Waals surface area contributed by atoms with Crippen LogP contribution >= 0.6 is 0 Å². The van der Waals surface area contributed by atoms with Gasteiger partial charge in [0.15, 0.2) is 0 Å². The second-order valence-corrected chi connectivity index (χ2v) is 6.97. The summed E-state index contributed by atoms with van der Waals surface area (Å²) in [4.78, 5) is 9.38. The molecule has 1 saturated heterocycles. The molecule has 3 nitrogen and oxygen atoms in total. The van der Waals surface area contributed by atoms with Gasteiger partial charge in [0.05, 0.1) is 0 Å². The van der Waals surface area contributed by atoms with Gasteiger partial charge in [0, 0.05) is 31.5 Å². The van der Waals surface area contributed by atoms with E-state index in [1.165, 1.54) is 57.3 Å². The maximum atomic E-state index is 4.16. The molecule has 0 N–H and O–H groups in total. The van der Waals surface area contributed by atoms with E-state index in [0.29, 0.717) is 0 Å². The molecule has 0 saturated carbocycles. The van der Waals surface area contributed by atoms with Gasteiger partial charge in [0.25, 0.3) is 0 Å². The van der Waals surface area contributed by atoms with Crippen molar-refractivity contribution in [2.75, 3.05) is 26.7 Å². The lowest BCUT2D eigenvalue weighted by Crippen LogP contribution is -2.45. The standard InChI is InChI=1S/C19H29N3/c1-21-13-9-19(10-14-21)22(15-17-5-3-2-4-6-17)16-18-7-11-20-12-8-18/h2-3,7-8,11-12,17,19H,4-6,9-10,13-16H2,1H3/t17-/m1/s1. The molecule has 0 spiro atoms. The molecule has 1 aromatic rings. The zero-order valence-electron chi connectivity index (χ0n) is 13.8. The highest BCUT2D eigenvalue weighted by Crippen LogP contribution is 2.24. The molecule has 1 aliphatic carbocycles. The molecule has 0 amide bonds. The number of hydrogen-bond donors (Lipinski definition) is 0. The Kier molecular flexibility index (Phi) is 5.63. The molecule has 2 heterocycles. The normalized spacial score (nSPS) is 24.0. The smallest absolute Gasteiger partial charge is 0.0271 e. The van der Waals surface area contributed by atoms with Crippen molar-refractivity contribution < 1.29 is 0 Å². The topological polar surface area (TPSA) is 19.4 Å². The number of piperidine rings is 1. The van der Waals surface area contributed by atoms with E-state index in [0.717, 1.165) is 18.5 Å². The first-order valence-corrected chi connectivity index (χ1v) is 8.78. The fourth-order valence-corrected chi connectivity index (χ4v) is 3.78. The number of allylic oxidation sites excluding steroid dienone is 2. The van der Waals surface area contributed by atoms with Crippen molar-refractivity contribution in [3.63, 3.8) is 0 Å². The fourth-order valence-electron chi connectivity index (χ4n) is 3.78. The van der Waals surface area contributed by atoms with E-state index in [-0.39, 0.29) is 0 Å². The van der Waals surface area contributed by atoms with E-state index < -0.39 is 0 Å². The first-order chi connectivity index (χ1) is 10.8. The van der Waals surface area contributed by atoms with E-state index in [9.17, 15) is 0 Å². The Labute approximate surface area is 135 Å². The third-order valence-electron chi connectivity index (χ3n) is 5.21. The first kappa shape index (κ1) is 15.7. The average Bonchev–Trinajstić information content (AvgIpc) is 2.57. The summed E-state index contributed by atoms with van der Waals surface area (Å²) in [5.41, 5.74) is 1.40. The zero-order chi connectivity index (χ0) is 15.2. The van der Waals surface area contributed by atoms with Crippen LogP contribution in [0.1, 0.15) is 37.7 Å². The molecule has 3 heteroatoms. The number of hydrogen-bond acceptors (Lipinski definition) is 3. The van der Waals surface area contributed by atoms with Crippen molar-refractivity contribution >= 4 is 0 Å². The van der Waals surface area contributed by atoms with Crippen LogP contribution in [0.25, 0.3) is 0 Å². The minimum absolute atomic E-state index is 0.746. The minimum atomic E-state index is 0.746. The lowest BCUT2D eigenvalue weighted by Gasteiger charge is -2.39. The largest absolute Gasteiger partial charge is 0.306 e. The Morgan fingerprint density at radius 1 is 1.14 bits per heavy atom. The molecule has 0 unspecified atom stereocenters. The third-order valence-corrected chi connectivity index (χ3v) is 5.21. The molecular formula is C19H29N3. The average molecular weight is 299 g/mol. The number of nitrogens with zero attached hydrogens (tertiary/aromatic N) is 3. The Morgan fingerprint density at radius 2 is 1.91 bits per heavy atom. The highest BCUT2D eigenvalue weighted by molar-refractivity contribution is 5.10. The van der Waals surface area contributed by atoms with Crippen LogP contribution < -0.4 is 0 Å². The van der Waals surface area contributed by atoms with Gasteiger partial charge in [-0.2, -0.15) is 0 Å². The Balaban J connectivity index is 1.65. The van der Waals surface area contributed by atoms with Gasteiger partial charge in [-0.15, -0.1) is 0 Å². The maximum Gasteiger partial charge on any atom is 0.0271 e. The number of pyridine rings is 1. The van der Waals surface area contributed by atoms with Crippen molar-refractivity contribution in [2.24, 2.45) is 5.92 Å². The van der Waals surface area contributed by atoms with E-state index in [2.05, 4.69) is 46.1 Å². The monoisotopic (exact) mass is 299 g/mol. The van der Waals surface area contributed by atoms with Gasteiger partial charge in [-0.3, -0.25) is 9.88 Å². The molecule has 1 fully saturated rings. The van der Waals surface area contributed by atoms with E-state index in [1.54, 1.807) is 0 Å². The predicted octanol–water partition coefficient (Wildman–Crippen LogP) is 3.33. The summed E-state index contributed by atoms with van der Waals surface area (Å²) in [5.74, 6) is 0.839. The van der Waals surface area contributed by atoms with Crippen LogP contribution in [0.3, 0.4) is 0 Å². The number of likely N-dealkylation sites (tertiary alicyclic amines) is 1. The first-order valence-electron chi connectivity index (χ1n) is 8.78. The summed E-state index contributed by atoms with van der Waals surface area (Å²) in [5, 5.41) is 0. The van der Waals surface area contributed by atoms with Crippen molar-refractivity contribution in [3.05, 3.63) is 42.2 Å². The molecule has 1 aromatic heterocycles. The third kappa shape index (κ3) is 4.40. The van der Waals surface area contributed by atoms with E-state index in [1.807, 2.05) is 12.4 Å². The molecule has 0 radical (unpaired) electrons. The van der Waals surface area contributed by atoms with Crippen LogP contribution in [0, 0.1) is 5.92 Å².